The van der Waals surface area contributed by atoms with Crippen LogP contribution in [-0.4, -0.2) is 39.8 Å². The third-order valence-corrected chi connectivity index (χ3v) is 3.43. The summed E-state index contributed by atoms with van der Waals surface area (Å²) >= 11 is 0. The number of carbonyl (C=O) groups is 1. The van der Waals surface area contributed by atoms with Crippen LogP contribution in [0.2, 0.25) is 0 Å². The van der Waals surface area contributed by atoms with Crippen molar-refractivity contribution in [3.05, 3.63) is 0 Å². The van der Waals surface area contributed by atoms with Gasteiger partial charge in [0.25, 0.3) is 0 Å². The highest BCUT2D eigenvalue weighted by Crippen LogP contribution is 2.10. The summed E-state index contributed by atoms with van der Waals surface area (Å²) in [5, 5.41) is 5.75. The average Bonchev–Trinajstić information content (AvgIpc) is 2.44. The van der Waals surface area contributed by atoms with Crippen LogP contribution in [0, 0.1) is 0 Å². The number of likely N-dealkylation sites (N-methyl/N-ethyl adjacent to an activating group) is 1. The van der Waals surface area contributed by atoms with Gasteiger partial charge in [-0.2, -0.15) is 0 Å². The molecule has 0 saturated heterocycles. The minimum atomic E-state index is 0.0981. The summed E-state index contributed by atoms with van der Waals surface area (Å²) in [6.45, 7) is 2.15. The highest BCUT2D eigenvalue weighted by Gasteiger charge is 1.97. The maximum Gasteiger partial charge on any atom is 0.233 e. The van der Waals surface area contributed by atoms with Crippen LogP contribution in [0.5, 0.6) is 0 Å². The van der Waals surface area contributed by atoms with E-state index in [0.717, 1.165) is 19.6 Å². The first-order valence-electron chi connectivity index (χ1n) is 8.21. The standard InChI is InChI=1S/C16H34N2O2/c1-17-15-16(19)18-13-11-9-7-5-3-4-6-8-10-12-14-20-2/h17H,3-15H2,1-2H3,(H,18,19). The van der Waals surface area contributed by atoms with Crippen LogP contribution in [0.25, 0.3) is 0 Å². The molecule has 4 heteroatoms. The van der Waals surface area contributed by atoms with E-state index < -0.39 is 0 Å². The minimum Gasteiger partial charge on any atom is -0.385 e. The van der Waals surface area contributed by atoms with Gasteiger partial charge in [-0.15, -0.1) is 0 Å². The van der Waals surface area contributed by atoms with Gasteiger partial charge in [0.2, 0.25) is 5.91 Å². The largest absolute Gasteiger partial charge is 0.385 e. The molecule has 0 aromatic rings. The zero-order valence-corrected chi connectivity index (χ0v) is 13.5. The normalized spacial score (nSPS) is 10.7. The lowest BCUT2D eigenvalue weighted by Gasteiger charge is -2.05. The van der Waals surface area contributed by atoms with Gasteiger partial charge in [-0.1, -0.05) is 51.4 Å². The Labute approximate surface area is 125 Å². The quantitative estimate of drug-likeness (QED) is 0.455. The van der Waals surface area contributed by atoms with Crippen molar-refractivity contribution in [3.8, 4) is 0 Å². The second-order valence-corrected chi connectivity index (χ2v) is 5.41. The van der Waals surface area contributed by atoms with Crippen molar-refractivity contribution in [2.75, 3.05) is 33.9 Å². The Morgan fingerprint density at radius 1 is 0.850 bits per heavy atom. The molecule has 0 aliphatic heterocycles. The van der Waals surface area contributed by atoms with Gasteiger partial charge in [0.15, 0.2) is 0 Å². The molecule has 0 heterocycles. The Morgan fingerprint density at radius 2 is 1.35 bits per heavy atom. The van der Waals surface area contributed by atoms with E-state index in [1.54, 1.807) is 14.2 Å². The molecule has 0 unspecified atom stereocenters. The first-order chi connectivity index (χ1) is 9.81. The van der Waals surface area contributed by atoms with Gasteiger partial charge in [0.05, 0.1) is 6.54 Å². The molecular weight excluding hydrogens is 252 g/mol. The molecule has 0 fully saturated rings. The molecule has 0 radical (unpaired) electrons. The Kier molecular flexibility index (Phi) is 15.9. The molecule has 0 rings (SSSR count). The Bertz CT molecular complexity index is 211. The molecule has 0 atom stereocenters. The molecule has 0 aliphatic carbocycles. The molecule has 0 bridgehead atoms. The van der Waals surface area contributed by atoms with Crippen molar-refractivity contribution in [2.45, 2.75) is 64.2 Å². The van der Waals surface area contributed by atoms with E-state index in [1.807, 2.05) is 0 Å². The lowest BCUT2D eigenvalue weighted by atomic mass is 10.1. The third-order valence-electron chi connectivity index (χ3n) is 3.43. The van der Waals surface area contributed by atoms with Crippen LogP contribution >= 0.6 is 0 Å². The van der Waals surface area contributed by atoms with E-state index in [9.17, 15) is 4.79 Å². The highest BCUT2D eigenvalue weighted by atomic mass is 16.5. The van der Waals surface area contributed by atoms with Crippen LogP contribution in [0.3, 0.4) is 0 Å². The van der Waals surface area contributed by atoms with Gasteiger partial charge in [0, 0.05) is 20.3 Å². The number of hydrogen-bond donors (Lipinski definition) is 2. The number of ether oxygens (including phenoxy) is 1. The Hall–Kier alpha value is -0.610. The summed E-state index contributed by atoms with van der Waals surface area (Å²) in [7, 11) is 3.56. The molecule has 20 heavy (non-hydrogen) atoms. The molecule has 0 spiro atoms. The fraction of sp³-hybridized carbons (Fsp3) is 0.938. The lowest BCUT2D eigenvalue weighted by molar-refractivity contribution is -0.120. The van der Waals surface area contributed by atoms with Gasteiger partial charge in [-0.3, -0.25) is 4.79 Å². The zero-order valence-electron chi connectivity index (χ0n) is 13.5. The molecule has 0 aromatic carbocycles. The molecule has 0 aliphatic rings. The van der Waals surface area contributed by atoms with E-state index in [4.69, 9.17) is 4.74 Å². The highest BCUT2D eigenvalue weighted by molar-refractivity contribution is 5.77. The summed E-state index contributed by atoms with van der Waals surface area (Å²) in [5.41, 5.74) is 0. The number of nitrogens with one attached hydrogen (secondary N) is 2. The summed E-state index contributed by atoms with van der Waals surface area (Å²) < 4.78 is 5.03. The van der Waals surface area contributed by atoms with Gasteiger partial charge in [0.1, 0.15) is 0 Å². The topological polar surface area (TPSA) is 50.4 Å². The van der Waals surface area contributed by atoms with Crippen molar-refractivity contribution in [1.82, 2.24) is 10.6 Å². The van der Waals surface area contributed by atoms with Crippen molar-refractivity contribution in [1.29, 1.82) is 0 Å². The smallest absolute Gasteiger partial charge is 0.233 e. The number of rotatable bonds is 15. The maximum absolute atomic E-state index is 11.2. The van der Waals surface area contributed by atoms with Crippen LogP contribution in [0.15, 0.2) is 0 Å². The van der Waals surface area contributed by atoms with Crippen LogP contribution in [0.1, 0.15) is 64.2 Å². The molecule has 1 amide bonds. The molecule has 120 valence electrons. The molecule has 4 nitrogen and oxygen atoms in total. The van der Waals surface area contributed by atoms with Crippen molar-refractivity contribution >= 4 is 5.91 Å². The average molecular weight is 286 g/mol. The van der Waals surface area contributed by atoms with E-state index in [2.05, 4.69) is 10.6 Å². The van der Waals surface area contributed by atoms with Crippen molar-refractivity contribution in [2.24, 2.45) is 0 Å². The predicted molar refractivity (Wildman–Crippen MR) is 85.0 cm³/mol. The van der Waals surface area contributed by atoms with E-state index in [1.165, 1.54) is 57.8 Å². The number of carbonyl (C=O) groups excluding carboxylic acids is 1. The number of amides is 1. The van der Waals surface area contributed by atoms with Gasteiger partial charge in [-0.05, 0) is 19.9 Å². The van der Waals surface area contributed by atoms with Crippen LogP contribution in [0.4, 0.5) is 0 Å². The number of methoxy groups -OCH3 is 1. The molecular formula is C16H34N2O2. The zero-order chi connectivity index (χ0) is 14.9. The Balaban J connectivity index is 3.01. The fourth-order valence-electron chi connectivity index (χ4n) is 2.24. The minimum absolute atomic E-state index is 0.0981. The first-order valence-corrected chi connectivity index (χ1v) is 8.21. The number of hydrogen-bond acceptors (Lipinski definition) is 3. The Morgan fingerprint density at radius 3 is 1.85 bits per heavy atom. The van der Waals surface area contributed by atoms with E-state index in [0.29, 0.717) is 6.54 Å². The SMILES string of the molecule is CNCC(=O)NCCCCCCCCCCCCOC. The van der Waals surface area contributed by atoms with Crippen molar-refractivity contribution < 1.29 is 9.53 Å². The molecule has 2 N–H and O–H groups in total. The summed E-state index contributed by atoms with van der Waals surface area (Å²) in [4.78, 5) is 11.2. The predicted octanol–water partition coefficient (Wildman–Crippen LogP) is 2.87. The third kappa shape index (κ3) is 15.4. The summed E-state index contributed by atoms with van der Waals surface area (Å²) in [6.07, 6.45) is 12.9. The van der Waals surface area contributed by atoms with Gasteiger partial charge >= 0.3 is 0 Å². The first kappa shape index (κ1) is 19.4. The monoisotopic (exact) mass is 286 g/mol. The fourth-order valence-corrected chi connectivity index (χ4v) is 2.24. The van der Waals surface area contributed by atoms with E-state index in [-0.39, 0.29) is 5.91 Å². The summed E-state index contributed by atoms with van der Waals surface area (Å²) in [6, 6.07) is 0. The second-order valence-electron chi connectivity index (χ2n) is 5.41. The van der Waals surface area contributed by atoms with E-state index >= 15 is 0 Å². The maximum atomic E-state index is 11.2. The molecule has 0 aromatic heterocycles. The number of unbranched alkanes of at least 4 members (excludes halogenated alkanes) is 9. The second kappa shape index (κ2) is 16.4. The van der Waals surface area contributed by atoms with Crippen LogP contribution < -0.4 is 10.6 Å². The van der Waals surface area contributed by atoms with Crippen molar-refractivity contribution in [3.63, 3.8) is 0 Å². The summed E-state index contributed by atoms with van der Waals surface area (Å²) in [5.74, 6) is 0.0981. The van der Waals surface area contributed by atoms with Gasteiger partial charge < -0.3 is 15.4 Å². The molecule has 0 saturated carbocycles. The van der Waals surface area contributed by atoms with Crippen LogP contribution in [-0.2, 0) is 9.53 Å². The lowest BCUT2D eigenvalue weighted by Crippen LogP contribution is -2.32. The van der Waals surface area contributed by atoms with Gasteiger partial charge in [-0.25, -0.2) is 0 Å².